The van der Waals surface area contributed by atoms with E-state index in [2.05, 4.69) is 34.6 Å². The minimum Gasteiger partial charge on any atom is -0.496 e. The largest absolute Gasteiger partial charge is 0.496 e. The number of carbonyl (C=O) groups is 2. The second-order valence-corrected chi connectivity index (χ2v) is 10.9. The molecule has 0 unspecified atom stereocenters. The molecule has 0 radical (unpaired) electrons. The molecule has 37 heavy (non-hydrogen) atoms. The van der Waals surface area contributed by atoms with Crippen LogP contribution >= 0.6 is 0 Å². The number of nitrogens with zero attached hydrogens (tertiary/aromatic N) is 2. The third-order valence-corrected chi connectivity index (χ3v) is 8.28. The molecule has 2 aromatic rings. The van der Waals surface area contributed by atoms with E-state index >= 15 is 0 Å². The van der Waals surface area contributed by atoms with Crippen LogP contribution in [0.5, 0.6) is 5.75 Å². The molecule has 2 heterocycles. The Hall–Kier alpha value is -3.10. The molecular weight excluding hydrogens is 468 g/mol. The van der Waals surface area contributed by atoms with Crippen LogP contribution in [0, 0.1) is 13.8 Å². The highest BCUT2D eigenvalue weighted by molar-refractivity contribution is 6.03. The Morgan fingerprint density at radius 2 is 1.95 bits per heavy atom. The molecule has 1 saturated carbocycles. The molecule has 0 aromatic heterocycles. The molecule has 8 heteroatoms. The average molecular weight is 507 g/mol. The third kappa shape index (κ3) is 5.05. The Labute approximate surface area is 219 Å². The van der Waals surface area contributed by atoms with E-state index < -0.39 is 5.54 Å². The number of β-amino-alcohol motifs (C(OH)–C–C–N with tert-alkyl or cyclic N) is 1. The first-order valence-electron chi connectivity index (χ1n) is 13.4. The van der Waals surface area contributed by atoms with Crippen LogP contribution in [0.4, 0.5) is 16.2 Å². The highest BCUT2D eigenvalue weighted by Gasteiger charge is 2.48. The summed E-state index contributed by atoms with van der Waals surface area (Å²) in [7, 11) is 1.62. The lowest BCUT2D eigenvalue weighted by Crippen LogP contribution is -2.61. The van der Waals surface area contributed by atoms with Crippen molar-refractivity contribution in [2.45, 2.75) is 77.1 Å². The van der Waals surface area contributed by atoms with E-state index in [1.807, 2.05) is 25.1 Å². The summed E-state index contributed by atoms with van der Waals surface area (Å²) >= 11 is 0. The zero-order valence-corrected chi connectivity index (χ0v) is 22.1. The van der Waals surface area contributed by atoms with Crippen LogP contribution in [-0.4, -0.2) is 58.7 Å². The first-order chi connectivity index (χ1) is 17.8. The molecule has 1 atom stereocenters. The Balaban J connectivity index is 1.40. The summed E-state index contributed by atoms with van der Waals surface area (Å²) in [5.74, 6) is 0.577. The summed E-state index contributed by atoms with van der Waals surface area (Å²) in [6.07, 6.45) is 4.69. The van der Waals surface area contributed by atoms with Gasteiger partial charge in [0.1, 0.15) is 11.3 Å². The Morgan fingerprint density at radius 1 is 1.16 bits per heavy atom. The number of carbonyl (C=O) groups excluding carboxylic acids is 2. The van der Waals surface area contributed by atoms with E-state index in [-0.39, 0.29) is 18.0 Å². The van der Waals surface area contributed by atoms with Gasteiger partial charge in [0.15, 0.2) is 0 Å². The van der Waals surface area contributed by atoms with E-state index in [4.69, 9.17) is 4.74 Å². The number of methoxy groups -OCH3 is 1. The Bertz CT molecular complexity index is 1190. The molecule has 8 nitrogen and oxygen atoms in total. The van der Waals surface area contributed by atoms with Gasteiger partial charge in [-0.25, -0.2) is 4.79 Å². The lowest BCUT2D eigenvalue weighted by Gasteiger charge is -2.47. The maximum atomic E-state index is 13.9. The third-order valence-electron chi connectivity index (χ3n) is 8.28. The molecule has 1 aliphatic carbocycles. The maximum Gasteiger partial charge on any atom is 0.323 e. The van der Waals surface area contributed by atoms with Gasteiger partial charge < -0.3 is 25.4 Å². The number of urea groups is 1. The zero-order valence-electron chi connectivity index (χ0n) is 22.1. The van der Waals surface area contributed by atoms with Crippen molar-refractivity contribution < 1.29 is 19.4 Å². The molecule has 2 aliphatic heterocycles. The zero-order chi connectivity index (χ0) is 26.2. The number of aliphatic hydroxyl groups is 1. The van der Waals surface area contributed by atoms with Crippen molar-refractivity contribution in [3.8, 4) is 5.75 Å². The van der Waals surface area contributed by atoms with E-state index in [1.54, 1.807) is 12.0 Å². The summed E-state index contributed by atoms with van der Waals surface area (Å²) in [5, 5.41) is 16.1. The van der Waals surface area contributed by atoms with Gasteiger partial charge in [-0.15, -0.1) is 0 Å². The summed E-state index contributed by atoms with van der Waals surface area (Å²) in [5.41, 5.74) is 4.86. The van der Waals surface area contributed by atoms with E-state index in [0.29, 0.717) is 31.6 Å². The summed E-state index contributed by atoms with van der Waals surface area (Å²) in [6, 6.07) is 9.64. The number of amides is 3. The van der Waals surface area contributed by atoms with Crippen LogP contribution in [-0.2, 0) is 17.9 Å². The van der Waals surface area contributed by atoms with Crippen LogP contribution in [0.25, 0.3) is 0 Å². The van der Waals surface area contributed by atoms with E-state index in [0.717, 1.165) is 72.5 Å². The number of fused-ring (bicyclic) bond motifs is 1. The van der Waals surface area contributed by atoms with Gasteiger partial charge in [0, 0.05) is 37.1 Å². The number of anilines is 2. The highest BCUT2D eigenvalue weighted by Crippen LogP contribution is 2.40. The van der Waals surface area contributed by atoms with Crippen LogP contribution in [0.2, 0.25) is 0 Å². The van der Waals surface area contributed by atoms with Crippen LogP contribution in [0.3, 0.4) is 0 Å². The number of benzene rings is 2. The second-order valence-electron chi connectivity index (χ2n) is 10.9. The lowest BCUT2D eigenvalue weighted by atomic mass is 9.78. The first-order valence-corrected chi connectivity index (χ1v) is 13.4. The van der Waals surface area contributed by atoms with Crippen molar-refractivity contribution in [3.05, 3.63) is 52.6 Å². The first kappa shape index (κ1) is 25.5. The number of aryl methyl sites for hydroxylation is 2. The van der Waals surface area contributed by atoms with E-state index in [9.17, 15) is 14.7 Å². The fourth-order valence-electron chi connectivity index (χ4n) is 6.18. The van der Waals surface area contributed by atoms with Gasteiger partial charge >= 0.3 is 6.03 Å². The van der Waals surface area contributed by atoms with Gasteiger partial charge in [-0.05, 0) is 67.5 Å². The molecule has 2 fully saturated rings. The topological polar surface area (TPSA) is 94.1 Å². The number of ether oxygens (including phenoxy) is 1. The highest BCUT2D eigenvalue weighted by atomic mass is 16.5. The predicted molar refractivity (Wildman–Crippen MR) is 144 cm³/mol. The molecule has 0 spiro atoms. The number of rotatable bonds is 6. The van der Waals surface area contributed by atoms with Gasteiger partial charge in [0.05, 0.1) is 19.8 Å². The van der Waals surface area contributed by atoms with Gasteiger partial charge in [0.2, 0.25) is 5.91 Å². The summed E-state index contributed by atoms with van der Waals surface area (Å²) in [4.78, 5) is 31.4. The van der Waals surface area contributed by atoms with Crippen molar-refractivity contribution in [1.29, 1.82) is 0 Å². The molecule has 3 N–H and O–H groups in total. The number of aliphatic hydroxyl groups excluding tert-OH is 1. The normalized spacial score (nSPS) is 21.4. The molecule has 3 amide bonds. The van der Waals surface area contributed by atoms with Gasteiger partial charge in [-0.1, -0.05) is 31.4 Å². The van der Waals surface area contributed by atoms with Crippen LogP contribution in [0.15, 0.2) is 30.3 Å². The lowest BCUT2D eigenvalue weighted by molar-refractivity contribution is -0.128. The minimum absolute atomic E-state index is 0.140. The van der Waals surface area contributed by atoms with Gasteiger partial charge in [-0.2, -0.15) is 0 Å². The fourth-order valence-corrected chi connectivity index (χ4v) is 6.18. The molecule has 2 aromatic carbocycles. The number of hydrogen-bond donors (Lipinski definition) is 3. The van der Waals surface area contributed by atoms with Crippen molar-refractivity contribution in [2.24, 2.45) is 0 Å². The molecular formula is C29H38N4O4. The number of likely N-dealkylation sites (tertiary alicyclic amines) is 1. The quantitative estimate of drug-likeness (QED) is 0.534. The van der Waals surface area contributed by atoms with Crippen LogP contribution in [0.1, 0.15) is 60.8 Å². The van der Waals surface area contributed by atoms with Gasteiger partial charge in [-0.3, -0.25) is 9.69 Å². The van der Waals surface area contributed by atoms with Crippen molar-refractivity contribution >= 4 is 23.3 Å². The minimum atomic E-state index is -0.908. The maximum absolute atomic E-state index is 13.9. The Morgan fingerprint density at radius 3 is 2.65 bits per heavy atom. The molecule has 1 saturated heterocycles. The summed E-state index contributed by atoms with van der Waals surface area (Å²) < 4.78 is 5.44. The van der Waals surface area contributed by atoms with Crippen LogP contribution < -0.4 is 15.4 Å². The van der Waals surface area contributed by atoms with Gasteiger partial charge in [0.25, 0.3) is 0 Å². The number of hydrogen-bond acceptors (Lipinski definition) is 5. The van der Waals surface area contributed by atoms with Crippen molar-refractivity contribution in [3.63, 3.8) is 0 Å². The standard InChI is InChI=1S/C29H38N4O4/c1-19-7-8-22(15-26(19)37-3)30-27(35)29(10-5-4-6-11-29)33-18-24-20(2)13-21(14-25(24)31-28(33)36)16-32-12-9-23(34)17-32/h7-8,13-15,23,34H,4-6,9-12,16-18H2,1-3H3,(H,30,35)(H,31,36)/t23-/m0/s1. The monoisotopic (exact) mass is 506 g/mol. The Kier molecular flexibility index (Phi) is 7.14. The summed E-state index contributed by atoms with van der Waals surface area (Å²) in [6.45, 7) is 6.74. The smallest absolute Gasteiger partial charge is 0.323 e. The molecule has 5 rings (SSSR count). The van der Waals surface area contributed by atoms with Crippen molar-refractivity contribution in [2.75, 3.05) is 30.8 Å². The molecule has 198 valence electrons. The van der Waals surface area contributed by atoms with Crippen molar-refractivity contribution in [1.82, 2.24) is 9.80 Å². The average Bonchev–Trinajstić information content (AvgIpc) is 3.29. The predicted octanol–water partition coefficient (Wildman–Crippen LogP) is 4.57. The second kappa shape index (κ2) is 10.3. The fraction of sp³-hybridized carbons (Fsp3) is 0.517. The van der Waals surface area contributed by atoms with E-state index in [1.165, 1.54) is 0 Å². The molecule has 3 aliphatic rings. The molecule has 0 bridgehead atoms. The number of nitrogens with one attached hydrogen (secondary N) is 2. The SMILES string of the molecule is COc1cc(NC(=O)C2(N3Cc4c(C)cc(CN5CC[C@H](O)C5)cc4NC3=O)CCCCC2)ccc1C.